The summed E-state index contributed by atoms with van der Waals surface area (Å²) < 4.78 is 44.0. The van der Waals surface area contributed by atoms with E-state index in [9.17, 15) is 38.1 Å². The molecule has 35 heavy (non-hydrogen) atoms. The number of imidazole rings is 1. The zero-order chi connectivity index (χ0) is 25.7. The number of aliphatic hydroxyl groups excluding tert-OH is 3. The SMILES string of the molecule is CC(O)C(P(=O)(O)O)S(=O)(=O)C[C@H]1O[C@@H](n2cnc3c(NC4CCCC4)nc(Cl)nc32)[C@H](O)[C@@H]1O. The molecule has 2 aliphatic rings. The highest BCUT2D eigenvalue weighted by atomic mass is 35.5. The van der Waals surface area contributed by atoms with Crippen LogP contribution >= 0.6 is 19.2 Å². The molecule has 3 heterocycles. The van der Waals surface area contributed by atoms with Crippen molar-refractivity contribution < 1.29 is 42.8 Å². The number of hydrogen-bond acceptors (Lipinski definition) is 11. The fraction of sp³-hybridized carbons (Fsp3) is 0.722. The van der Waals surface area contributed by atoms with Crippen molar-refractivity contribution in [2.24, 2.45) is 0 Å². The summed E-state index contributed by atoms with van der Waals surface area (Å²) in [4.78, 5) is 29.1. The Balaban J connectivity index is 1.61. The van der Waals surface area contributed by atoms with E-state index < -0.39 is 58.8 Å². The fourth-order valence-corrected chi connectivity index (χ4v) is 8.84. The highest BCUT2D eigenvalue weighted by molar-refractivity contribution is 7.98. The number of halogens is 1. The number of anilines is 1. The smallest absolute Gasteiger partial charge is 0.346 e. The molecule has 0 amide bonds. The molecule has 1 aliphatic heterocycles. The Kier molecular flexibility index (Phi) is 7.46. The van der Waals surface area contributed by atoms with E-state index in [4.69, 9.17) is 16.3 Å². The Morgan fingerprint density at radius 1 is 1.26 bits per heavy atom. The van der Waals surface area contributed by atoms with Gasteiger partial charge in [-0.05, 0) is 31.4 Å². The predicted octanol–water partition coefficient (Wildman–Crippen LogP) is -0.247. The number of fused-ring (bicyclic) bond motifs is 1. The molecule has 2 aromatic rings. The molecule has 4 rings (SSSR count). The molecule has 6 atom stereocenters. The van der Waals surface area contributed by atoms with Crippen LogP contribution in [0.2, 0.25) is 5.28 Å². The van der Waals surface area contributed by atoms with Gasteiger partial charge < -0.3 is 35.2 Å². The largest absolute Gasteiger partial charge is 0.391 e. The van der Waals surface area contributed by atoms with Crippen LogP contribution in [0.4, 0.5) is 5.82 Å². The second kappa shape index (κ2) is 9.80. The molecule has 1 saturated carbocycles. The van der Waals surface area contributed by atoms with Crippen molar-refractivity contribution >= 4 is 46.0 Å². The number of aliphatic hydroxyl groups is 3. The van der Waals surface area contributed by atoms with E-state index in [1.54, 1.807) is 0 Å². The van der Waals surface area contributed by atoms with E-state index in [0.29, 0.717) is 11.3 Å². The third-order valence-corrected chi connectivity index (χ3v) is 11.2. The van der Waals surface area contributed by atoms with Gasteiger partial charge >= 0.3 is 7.60 Å². The minimum absolute atomic E-state index is 0.103. The van der Waals surface area contributed by atoms with Crippen molar-refractivity contribution in [3.8, 4) is 0 Å². The molecule has 2 fully saturated rings. The number of aromatic nitrogens is 4. The third kappa shape index (κ3) is 5.33. The Bertz CT molecular complexity index is 1230. The van der Waals surface area contributed by atoms with E-state index in [0.717, 1.165) is 32.6 Å². The summed E-state index contributed by atoms with van der Waals surface area (Å²) in [6.45, 7) is 0.934. The zero-order valence-electron chi connectivity index (χ0n) is 18.5. The molecule has 1 saturated heterocycles. The number of hydrogen-bond donors (Lipinski definition) is 6. The summed E-state index contributed by atoms with van der Waals surface area (Å²) in [5.74, 6) is -0.668. The Morgan fingerprint density at radius 2 is 1.91 bits per heavy atom. The molecule has 6 N–H and O–H groups in total. The van der Waals surface area contributed by atoms with Crippen LogP contribution in [0.1, 0.15) is 38.8 Å². The second-order valence-corrected chi connectivity index (χ2v) is 13.5. The molecule has 0 spiro atoms. The van der Waals surface area contributed by atoms with Gasteiger partial charge in [0.2, 0.25) is 5.28 Å². The lowest BCUT2D eigenvalue weighted by Crippen LogP contribution is -2.41. The van der Waals surface area contributed by atoms with Crippen molar-refractivity contribution in [3.63, 3.8) is 0 Å². The van der Waals surface area contributed by atoms with Crippen LogP contribution in [0, 0.1) is 0 Å². The normalized spacial score (nSPS) is 28.0. The van der Waals surface area contributed by atoms with E-state index in [-0.39, 0.29) is 17.0 Å². The van der Waals surface area contributed by atoms with Crippen molar-refractivity contribution in [2.75, 3.05) is 11.1 Å². The first-order chi connectivity index (χ1) is 16.3. The van der Waals surface area contributed by atoms with Crippen molar-refractivity contribution in [2.45, 2.75) is 74.3 Å². The van der Waals surface area contributed by atoms with E-state index in [2.05, 4.69) is 20.3 Å². The molecule has 2 unspecified atom stereocenters. The van der Waals surface area contributed by atoms with Crippen LogP contribution in [0.15, 0.2) is 6.33 Å². The lowest BCUT2D eigenvalue weighted by Gasteiger charge is -2.23. The van der Waals surface area contributed by atoms with Crippen molar-refractivity contribution in [3.05, 3.63) is 11.6 Å². The minimum atomic E-state index is -5.26. The van der Waals surface area contributed by atoms with Gasteiger partial charge in [0.1, 0.15) is 18.3 Å². The van der Waals surface area contributed by atoms with Crippen LogP contribution in [-0.4, -0.2) is 94.2 Å². The summed E-state index contributed by atoms with van der Waals surface area (Å²) in [6.07, 6.45) is -2.79. The van der Waals surface area contributed by atoms with Gasteiger partial charge in [0, 0.05) is 6.04 Å². The zero-order valence-corrected chi connectivity index (χ0v) is 21.0. The summed E-state index contributed by atoms with van der Waals surface area (Å²) in [5.41, 5.74) is 0.501. The summed E-state index contributed by atoms with van der Waals surface area (Å²) in [5, 5.41) is 34.0. The summed E-state index contributed by atoms with van der Waals surface area (Å²) >= 11 is 6.10. The van der Waals surface area contributed by atoms with E-state index >= 15 is 0 Å². The average Bonchev–Trinajstić information content (AvgIpc) is 3.43. The fourth-order valence-electron chi connectivity index (χ4n) is 4.65. The van der Waals surface area contributed by atoms with Gasteiger partial charge in [0.05, 0.1) is 18.2 Å². The number of rotatable bonds is 8. The number of sulfone groups is 1. The van der Waals surface area contributed by atoms with Crippen LogP contribution in [0.25, 0.3) is 11.2 Å². The molecular formula is C18H27ClN5O9PS. The molecule has 14 nitrogen and oxygen atoms in total. The molecule has 196 valence electrons. The highest BCUT2D eigenvalue weighted by Gasteiger charge is 2.50. The molecule has 17 heteroatoms. The highest BCUT2D eigenvalue weighted by Crippen LogP contribution is 2.47. The number of nitrogens with one attached hydrogen (secondary N) is 1. The van der Waals surface area contributed by atoms with Crippen LogP contribution in [0.5, 0.6) is 0 Å². The first-order valence-corrected chi connectivity index (χ1v) is 14.7. The second-order valence-electron chi connectivity index (χ2n) is 8.89. The molecule has 1 aliphatic carbocycles. The maximum absolute atomic E-state index is 12.7. The molecule has 0 bridgehead atoms. The van der Waals surface area contributed by atoms with E-state index in [1.807, 2.05) is 0 Å². The van der Waals surface area contributed by atoms with Gasteiger partial charge in [0.25, 0.3) is 0 Å². The molecule has 0 radical (unpaired) electrons. The van der Waals surface area contributed by atoms with Crippen LogP contribution in [0.3, 0.4) is 0 Å². The quantitative estimate of drug-likeness (QED) is 0.183. The third-order valence-electron chi connectivity index (χ3n) is 6.21. The number of ether oxygens (including phenoxy) is 1. The first kappa shape index (κ1) is 26.6. The van der Waals surface area contributed by atoms with Gasteiger partial charge in [-0.3, -0.25) is 9.13 Å². The monoisotopic (exact) mass is 555 g/mol. The molecule has 2 aromatic heterocycles. The standard InChI is InChI=1S/C18H27ClN5O9PS/c1-8(25)17(34(28,29)30)35(31,32)6-10-12(26)13(27)16(33-10)24-7-20-11-14(21-9-4-2-3-5-9)22-18(19)23-15(11)24/h7-10,12-13,16-17,25-27H,2-6H2,1H3,(H,21,22,23)(H2,28,29,30)/t8?,10-,12-,13-,16-,17?/m1/s1. The maximum Gasteiger partial charge on any atom is 0.346 e. The van der Waals surface area contributed by atoms with Crippen molar-refractivity contribution in [1.29, 1.82) is 0 Å². The van der Waals surface area contributed by atoms with Crippen LogP contribution < -0.4 is 5.32 Å². The summed E-state index contributed by atoms with van der Waals surface area (Å²) in [7, 11) is -9.93. The Hall–Kier alpha value is -1.42. The Labute approximate surface area is 205 Å². The topological polar surface area (TPSA) is 217 Å². The molecule has 0 aromatic carbocycles. The lowest BCUT2D eigenvalue weighted by molar-refractivity contribution is -0.0292. The van der Waals surface area contributed by atoms with E-state index in [1.165, 1.54) is 10.9 Å². The lowest BCUT2D eigenvalue weighted by atomic mass is 10.1. The van der Waals surface area contributed by atoms with Gasteiger partial charge in [0.15, 0.2) is 38.0 Å². The van der Waals surface area contributed by atoms with Gasteiger partial charge in [-0.1, -0.05) is 12.8 Å². The average molecular weight is 556 g/mol. The summed E-state index contributed by atoms with van der Waals surface area (Å²) in [6, 6.07) is 0.190. The molecular weight excluding hydrogens is 529 g/mol. The Morgan fingerprint density at radius 3 is 2.51 bits per heavy atom. The number of nitrogens with zero attached hydrogens (tertiary/aromatic N) is 4. The first-order valence-electron chi connectivity index (χ1n) is 10.9. The maximum atomic E-state index is 12.7. The minimum Gasteiger partial charge on any atom is -0.391 e. The van der Waals surface area contributed by atoms with Crippen molar-refractivity contribution in [1.82, 2.24) is 19.5 Å². The van der Waals surface area contributed by atoms with Crippen LogP contribution in [-0.2, 0) is 19.1 Å². The predicted molar refractivity (Wildman–Crippen MR) is 123 cm³/mol. The van der Waals surface area contributed by atoms with Gasteiger partial charge in [-0.25, -0.2) is 13.4 Å². The van der Waals surface area contributed by atoms with Gasteiger partial charge in [-0.2, -0.15) is 9.97 Å². The van der Waals surface area contributed by atoms with Gasteiger partial charge in [-0.15, -0.1) is 0 Å².